The summed E-state index contributed by atoms with van der Waals surface area (Å²) in [7, 11) is 0. The Labute approximate surface area is 202 Å². The maximum atomic E-state index is 12.0. The summed E-state index contributed by atoms with van der Waals surface area (Å²) in [5.74, 6) is 2.04. The Kier molecular flexibility index (Phi) is 9.23. The average molecular weight is 482 g/mol. The first kappa shape index (κ1) is 26.0. The molecule has 176 valence electrons. The van der Waals surface area contributed by atoms with E-state index in [1.807, 2.05) is 25.1 Å². The Morgan fingerprint density at radius 1 is 1.12 bits per heavy atom. The van der Waals surface area contributed by atoms with E-state index in [0.717, 1.165) is 27.5 Å². The van der Waals surface area contributed by atoms with Gasteiger partial charge < -0.3 is 21.1 Å². The van der Waals surface area contributed by atoms with Gasteiger partial charge in [-0.15, -0.1) is 18.8 Å². The van der Waals surface area contributed by atoms with Gasteiger partial charge in [-0.1, -0.05) is 30.2 Å². The molecule has 0 aliphatic heterocycles. The molecular weight excluding hydrogens is 458 g/mol. The van der Waals surface area contributed by atoms with Crippen LogP contribution in [0.15, 0.2) is 48.7 Å². The van der Waals surface area contributed by atoms with Gasteiger partial charge in [-0.2, -0.15) is 0 Å². The topological polar surface area (TPSA) is 135 Å². The highest BCUT2D eigenvalue weighted by molar-refractivity contribution is 6.02. The highest BCUT2D eigenvalue weighted by Crippen LogP contribution is 2.32. The molecule has 9 nitrogen and oxygen atoms in total. The number of alkyl carbamates (subject to hydrolysis) is 1. The van der Waals surface area contributed by atoms with E-state index in [1.54, 1.807) is 30.5 Å². The van der Waals surface area contributed by atoms with Crippen LogP contribution in [0, 0.1) is 12.3 Å². The zero-order valence-electron chi connectivity index (χ0n) is 18.4. The number of nitrogens with one attached hydrogen (secondary N) is 3. The highest BCUT2D eigenvalue weighted by Gasteiger charge is 2.13. The summed E-state index contributed by atoms with van der Waals surface area (Å²) in [6.07, 6.45) is 6.08. The molecule has 0 radical (unpaired) electrons. The van der Waals surface area contributed by atoms with Crippen molar-refractivity contribution < 1.29 is 19.1 Å². The van der Waals surface area contributed by atoms with Crippen LogP contribution in [0.1, 0.15) is 22.8 Å². The van der Waals surface area contributed by atoms with Crippen LogP contribution in [-0.4, -0.2) is 36.2 Å². The normalized spacial score (nSPS) is 9.88. The minimum absolute atomic E-state index is 0. The number of nitrogens with two attached hydrogens (primary N) is 1. The molecule has 4 amide bonds. The van der Waals surface area contributed by atoms with Gasteiger partial charge >= 0.3 is 12.1 Å². The monoisotopic (exact) mass is 481 g/mol. The van der Waals surface area contributed by atoms with E-state index >= 15 is 0 Å². The van der Waals surface area contributed by atoms with E-state index in [2.05, 4.69) is 26.9 Å². The van der Waals surface area contributed by atoms with Crippen molar-refractivity contribution in [2.45, 2.75) is 13.5 Å². The van der Waals surface area contributed by atoms with Gasteiger partial charge in [0.05, 0.1) is 0 Å². The fourth-order valence-electron chi connectivity index (χ4n) is 3.26. The number of halogens is 1. The zero-order valence-corrected chi connectivity index (χ0v) is 19.2. The second-order valence-corrected chi connectivity index (χ2v) is 6.95. The number of carbonyl (C=O) groups excluding carboxylic acids is 3. The summed E-state index contributed by atoms with van der Waals surface area (Å²) in [6.45, 7) is 2.33. The Bertz CT molecular complexity index is 1260. The maximum absolute atomic E-state index is 12.0. The van der Waals surface area contributed by atoms with E-state index in [-0.39, 0.29) is 31.6 Å². The first-order valence-corrected chi connectivity index (χ1v) is 10.1. The van der Waals surface area contributed by atoms with Crippen LogP contribution < -0.4 is 21.7 Å². The van der Waals surface area contributed by atoms with Crippen molar-refractivity contribution in [3.63, 3.8) is 0 Å². The van der Waals surface area contributed by atoms with E-state index in [4.69, 9.17) is 16.9 Å². The SMILES string of the molecule is C#CCOC(=O)NCc1ccc(-c2cccc(C(N)=O)c2)c2cc(NC(=O)NCC)ncc12.Cl. The summed E-state index contributed by atoms with van der Waals surface area (Å²) in [4.78, 5) is 39.7. The van der Waals surface area contributed by atoms with Crippen molar-refractivity contribution >= 4 is 47.0 Å². The van der Waals surface area contributed by atoms with Gasteiger partial charge in [0, 0.05) is 30.2 Å². The van der Waals surface area contributed by atoms with Crippen LogP contribution in [0.25, 0.3) is 21.9 Å². The first-order valence-electron chi connectivity index (χ1n) is 10.1. The number of benzene rings is 2. The number of pyridine rings is 1. The van der Waals surface area contributed by atoms with Crippen molar-refractivity contribution in [1.29, 1.82) is 0 Å². The molecule has 5 N–H and O–H groups in total. The number of nitrogens with zero attached hydrogens (tertiary/aromatic N) is 1. The van der Waals surface area contributed by atoms with Crippen LogP contribution in [0.5, 0.6) is 0 Å². The standard InChI is InChI=1S/C24H23N5O4.ClH/c1-3-10-33-24(32)28-13-17-8-9-18(15-6-5-7-16(11-15)22(25)30)19-12-21(27-14-20(17)19)29-23(31)26-4-2;/h1,5-9,11-12,14H,4,10,13H2,2H3,(H2,25,30)(H,28,32)(H2,26,27,29,31);1H. The first-order chi connectivity index (χ1) is 15.9. The number of fused-ring (bicyclic) bond motifs is 1. The smallest absolute Gasteiger partial charge is 0.408 e. The minimum atomic E-state index is -0.637. The van der Waals surface area contributed by atoms with Crippen LogP contribution in [0.2, 0.25) is 0 Å². The third-order valence-electron chi connectivity index (χ3n) is 4.74. The lowest BCUT2D eigenvalue weighted by atomic mass is 9.95. The average Bonchev–Trinajstić information content (AvgIpc) is 2.81. The van der Waals surface area contributed by atoms with Gasteiger partial charge in [0.15, 0.2) is 6.61 Å². The third kappa shape index (κ3) is 6.37. The van der Waals surface area contributed by atoms with Crippen LogP contribution in [0.3, 0.4) is 0 Å². The number of terminal acetylenes is 1. The number of ether oxygens (including phenoxy) is 1. The van der Waals surface area contributed by atoms with Crippen molar-refractivity contribution in [1.82, 2.24) is 15.6 Å². The van der Waals surface area contributed by atoms with Gasteiger partial charge in [-0.3, -0.25) is 10.1 Å². The molecule has 34 heavy (non-hydrogen) atoms. The third-order valence-corrected chi connectivity index (χ3v) is 4.74. The Balaban J connectivity index is 0.00000408. The Hall–Kier alpha value is -4.29. The molecule has 1 aromatic heterocycles. The molecule has 0 atom stereocenters. The fourth-order valence-corrected chi connectivity index (χ4v) is 3.26. The molecule has 0 fully saturated rings. The van der Waals surface area contributed by atoms with Crippen LogP contribution in [-0.2, 0) is 11.3 Å². The minimum Gasteiger partial charge on any atom is -0.436 e. The molecule has 3 aromatic rings. The predicted octanol–water partition coefficient (Wildman–Crippen LogP) is 3.42. The van der Waals surface area contributed by atoms with Crippen molar-refractivity contribution in [2.75, 3.05) is 18.5 Å². The molecule has 0 aliphatic rings. The molecule has 0 spiro atoms. The molecule has 10 heteroatoms. The molecular formula is C24H24ClN5O4. The Morgan fingerprint density at radius 3 is 2.62 bits per heavy atom. The van der Waals surface area contributed by atoms with Gasteiger partial charge in [-0.25, -0.2) is 14.6 Å². The molecule has 0 unspecified atom stereocenters. The van der Waals surface area contributed by atoms with Crippen LogP contribution in [0.4, 0.5) is 15.4 Å². The lowest BCUT2D eigenvalue weighted by Crippen LogP contribution is -2.28. The molecule has 1 heterocycles. The van der Waals surface area contributed by atoms with Crippen molar-refractivity contribution in [2.24, 2.45) is 5.73 Å². The van der Waals surface area contributed by atoms with Gasteiger partial charge in [-0.05, 0) is 47.2 Å². The summed E-state index contributed by atoms with van der Waals surface area (Å²) >= 11 is 0. The molecule has 0 aliphatic carbocycles. The molecule has 0 bridgehead atoms. The number of anilines is 1. The van der Waals surface area contributed by atoms with Gasteiger partial charge in [0.2, 0.25) is 5.91 Å². The predicted molar refractivity (Wildman–Crippen MR) is 133 cm³/mol. The van der Waals surface area contributed by atoms with Crippen molar-refractivity contribution in [3.8, 4) is 23.5 Å². The number of primary amides is 1. The summed E-state index contributed by atoms with van der Waals surface area (Å²) in [5, 5.41) is 9.50. The van der Waals surface area contributed by atoms with Crippen molar-refractivity contribution in [3.05, 3.63) is 59.8 Å². The number of aromatic nitrogens is 1. The molecule has 3 rings (SSSR count). The van der Waals surface area contributed by atoms with E-state index in [1.165, 1.54) is 0 Å². The largest absolute Gasteiger partial charge is 0.436 e. The van der Waals surface area contributed by atoms with E-state index in [9.17, 15) is 14.4 Å². The molecule has 0 saturated carbocycles. The van der Waals surface area contributed by atoms with Crippen LogP contribution >= 0.6 is 12.4 Å². The van der Waals surface area contributed by atoms with Gasteiger partial charge in [0.1, 0.15) is 5.82 Å². The summed E-state index contributed by atoms with van der Waals surface area (Å²) in [6, 6.07) is 12.0. The summed E-state index contributed by atoms with van der Waals surface area (Å²) in [5.41, 5.74) is 8.15. The molecule has 2 aromatic carbocycles. The number of urea groups is 1. The number of carbonyl (C=O) groups is 3. The lowest BCUT2D eigenvalue weighted by molar-refractivity contribution is 0.1000. The zero-order chi connectivity index (χ0) is 23.8. The lowest BCUT2D eigenvalue weighted by Gasteiger charge is -2.14. The quantitative estimate of drug-likeness (QED) is 0.383. The van der Waals surface area contributed by atoms with E-state index < -0.39 is 12.0 Å². The number of rotatable bonds is 7. The molecule has 0 saturated heterocycles. The number of hydrogen-bond donors (Lipinski definition) is 4. The van der Waals surface area contributed by atoms with E-state index in [0.29, 0.717) is 17.9 Å². The Morgan fingerprint density at radius 2 is 1.91 bits per heavy atom. The second kappa shape index (κ2) is 12.1. The fraction of sp³-hybridized carbons (Fsp3) is 0.167. The van der Waals surface area contributed by atoms with Gasteiger partial charge in [0.25, 0.3) is 0 Å². The number of hydrogen-bond acceptors (Lipinski definition) is 5. The highest BCUT2D eigenvalue weighted by atomic mass is 35.5. The summed E-state index contributed by atoms with van der Waals surface area (Å²) < 4.78 is 4.84. The number of amides is 4. The maximum Gasteiger partial charge on any atom is 0.408 e. The second-order valence-electron chi connectivity index (χ2n) is 6.95.